The van der Waals surface area contributed by atoms with Crippen molar-refractivity contribution in [2.75, 3.05) is 18.2 Å². The van der Waals surface area contributed by atoms with Gasteiger partial charge in [-0.25, -0.2) is 4.98 Å². The summed E-state index contributed by atoms with van der Waals surface area (Å²) in [4.78, 5) is 19.7. The second kappa shape index (κ2) is 7.12. The van der Waals surface area contributed by atoms with Crippen molar-refractivity contribution in [2.24, 2.45) is 0 Å². The fourth-order valence-electron chi connectivity index (χ4n) is 2.63. The number of aromatic nitrogens is 4. The van der Waals surface area contributed by atoms with E-state index >= 15 is 0 Å². The molecule has 0 aliphatic heterocycles. The van der Waals surface area contributed by atoms with Gasteiger partial charge in [-0.3, -0.25) is 4.79 Å². The molecule has 0 atom stereocenters. The topological polar surface area (TPSA) is 113 Å². The Kier molecular flexibility index (Phi) is 4.51. The molecular weight excluding hydrogens is 366 g/mol. The molecular formula is C18H15N5O3S. The van der Waals surface area contributed by atoms with Crippen LogP contribution in [0.15, 0.2) is 47.6 Å². The van der Waals surface area contributed by atoms with Crippen LogP contribution in [0.4, 0.5) is 5.69 Å². The van der Waals surface area contributed by atoms with Gasteiger partial charge in [-0.2, -0.15) is 0 Å². The number of phenols is 1. The molecule has 0 unspecified atom stereocenters. The average molecular weight is 381 g/mol. The van der Waals surface area contributed by atoms with Crippen molar-refractivity contribution in [3.8, 4) is 11.5 Å². The van der Waals surface area contributed by atoms with Crippen LogP contribution in [0.1, 0.15) is 0 Å². The van der Waals surface area contributed by atoms with Gasteiger partial charge in [0.05, 0.1) is 12.9 Å². The summed E-state index contributed by atoms with van der Waals surface area (Å²) < 4.78 is 5.24. The van der Waals surface area contributed by atoms with Gasteiger partial charge in [0.25, 0.3) is 0 Å². The van der Waals surface area contributed by atoms with Crippen molar-refractivity contribution in [2.45, 2.75) is 5.16 Å². The average Bonchev–Trinajstić information content (AvgIpc) is 3.03. The van der Waals surface area contributed by atoms with E-state index in [9.17, 15) is 9.90 Å². The monoisotopic (exact) mass is 381 g/mol. The lowest BCUT2D eigenvalue weighted by Crippen LogP contribution is -2.14. The molecule has 4 aromatic rings. The summed E-state index contributed by atoms with van der Waals surface area (Å²) in [5, 5.41) is 21.7. The standard InChI is InChI=1S/C18H15N5O3S/c1-26-12-5-6-14-13(8-12)16-17(20-14)21-18(23-22-16)27-9-15(25)19-10-3-2-4-11(24)7-10/h2-8,24H,9H2,1H3,(H,19,25)(H,20,21,23). The molecule has 27 heavy (non-hydrogen) atoms. The van der Waals surface area contributed by atoms with Crippen LogP contribution in [0.25, 0.3) is 22.1 Å². The number of fused-ring (bicyclic) bond motifs is 3. The van der Waals surface area contributed by atoms with Crippen molar-refractivity contribution in [1.29, 1.82) is 0 Å². The fourth-order valence-corrected chi connectivity index (χ4v) is 3.22. The summed E-state index contributed by atoms with van der Waals surface area (Å²) in [6, 6.07) is 12.0. The number of carbonyl (C=O) groups is 1. The number of rotatable bonds is 5. The number of methoxy groups -OCH3 is 1. The normalized spacial score (nSPS) is 11.0. The number of hydrogen-bond acceptors (Lipinski definition) is 7. The second-order valence-electron chi connectivity index (χ2n) is 5.72. The molecule has 2 heterocycles. The Morgan fingerprint density at radius 3 is 2.96 bits per heavy atom. The van der Waals surface area contributed by atoms with Crippen molar-refractivity contribution >= 4 is 45.4 Å². The van der Waals surface area contributed by atoms with E-state index in [-0.39, 0.29) is 17.4 Å². The second-order valence-corrected chi connectivity index (χ2v) is 6.66. The molecule has 1 amide bonds. The smallest absolute Gasteiger partial charge is 0.234 e. The molecule has 2 aromatic carbocycles. The van der Waals surface area contributed by atoms with E-state index in [2.05, 4.69) is 25.5 Å². The Labute approximate surface area is 158 Å². The minimum atomic E-state index is -0.226. The first-order chi connectivity index (χ1) is 13.1. The van der Waals surface area contributed by atoms with Crippen LogP contribution in [0.2, 0.25) is 0 Å². The molecule has 136 valence electrons. The molecule has 8 nitrogen and oxygen atoms in total. The lowest BCUT2D eigenvalue weighted by molar-refractivity contribution is -0.113. The van der Waals surface area contributed by atoms with Crippen LogP contribution in [0.3, 0.4) is 0 Å². The maximum Gasteiger partial charge on any atom is 0.234 e. The fraction of sp³-hybridized carbons (Fsp3) is 0.111. The van der Waals surface area contributed by atoms with Gasteiger partial charge in [-0.1, -0.05) is 17.8 Å². The summed E-state index contributed by atoms with van der Waals surface area (Å²) in [6.45, 7) is 0. The molecule has 0 aliphatic rings. The quantitative estimate of drug-likeness (QED) is 0.456. The minimum Gasteiger partial charge on any atom is -0.508 e. The van der Waals surface area contributed by atoms with E-state index < -0.39 is 0 Å². The number of aromatic hydroxyl groups is 1. The molecule has 4 rings (SSSR count). The third-order valence-corrected chi connectivity index (χ3v) is 4.70. The molecule has 0 fully saturated rings. The summed E-state index contributed by atoms with van der Waals surface area (Å²) in [5.74, 6) is 0.716. The van der Waals surface area contributed by atoms with Crippen LogP contribution in [0, 0.1) is 0 Å². The SMILES string of the molecule is COc1ccc2[nH]c3nc(SCC(=O)Nc4cccc(O)c4)nnc3c2c1. The Balaban J connectivity index is 1.49. The highest BCUT2D eigenvalue weighted by Gasteiger charge is 2.12. The van der Waals surface area contributed by atoms with Crippen molar-refractivity contribution in [1.82, 2.24) is 20.2 Å². The molecule has 3 N–H and O–H groups in total. The number of amides is 1. The van der Waals surface area contributed by atoms with Crippen molar-refractivity contribution in [3.63, 3.8) is 0 Å². The van der Waals surface area contributed by atoms with Gasteiger partial charge >= 0.3 is 0 Å². The lowest BCUT2D eigenvalue weighted by atomic mass is 10.2. The number of thioether (sulfide) groups is 1. The Morgan fingerprint density at radius 2 is 2.15 bits per heavy atom. The number of H-pyrrole nitrogens is 1. The number of phenolic OH excluding ortho intramolecular Hbond substituents is 1. The molecule has 0 spiro atoms. The molecule has 0 aliphatic carbocycles. The van der Waals surface area contributed by atoms with Gasteiger partial charge in [-0.05, 0) is 30.3 Å². The summed E-state index contributed by atoms with van der Waals surface area (Å²) in [6.07, 6.45) is 0. The molecule has 0 saturated heterocycles. The third kappa shape index (κ3) is 3.63. The van der Waals surface area contributed by atoms with Gasteiger partial charge in [-0.15, -0.1) is 10.2 Å². The molecule has 9 heteroatoms. The van der Waals surface area contributed by atoms with E-state index in [4.69, 9.17) is 4.74 Å². The molecule has 2 aromatic heterocycles. The van der Waals surface area contributed by atoms with Crippen LogP contribution in [0.5, 0.6) is 11.5 Å². The van der Waals surface area contributed by atoms with E-state index in [1.54, 1.807) is 19.2 Å². The van der Waals surface area contributed by atoms with Gasteiger partial charge in [0.2, 0.25) is 11.1 Å². The Morgan fingerprint density at radius 1 is 1.26 bits per heavy atom. The predicted octanol–water partition coefficient (Wildman–Crippen LogP) is 2.95. The van der Waals surface area contributed by atoms with Gasteiger partial charge in [0, 0.05) is 22.7 Å². The minimum absolute atomic E-state index is 0.0916. The highest BCUT2D eigenvalue weighted by atomic mass is 32.2. The van der Waals surface area contributed by atoms with Gasteiger partial charge < -0.3 is 20.1 Å². The summed E-state index contributed by atoms with van der Waals surface area (Å²) in [5.41, 5.74) is 2.66. The number of nitrogens with one attached hydrogen (secondary N) is 2. The highest BCUT2D eigenvalue weighted by molar-refractivity contribution is 7.99. The number of anilines is 1. The van der Waals surface area contributed by atoms with E-state index in [0.29, 0.717) is 22.0 Å². The summed E-state index contributed by atoms with van der Waals surface area (Å²) >= 11 is 1.18. The molecule has 0 radical (unpaired) electrons. The Bertz CT molecular complexity index is 1140. The maximum atomic E-state index is 12.1. The van der Waals surface area contributed by atoms with Crippen LogP contribution < -0.4 is 10.1 Å². The maximum absolute atomic E-state index is 12.1. The number of hydrogen-bond donors (Lipinski definition) is 3. The number of carbonyl (C=O) groups excluding carboxylic acids is 1. The van der Waals surface area contributed by atoms with Crippen molar-refractivity contribution in [3.05, 3.63) is 42.5 Å². The summed E-state index contributed by atoms with van der Waals surface area (Å²) in [7, 11) is 1.61. The van der Waals surface area contributed by atoms with Crippen LogP contribution >= 0.6 is 11.8 Å². The van der Waals surface area contributed by atoms with E-state index in [0.717, 1.165) is 16.7 Å². The number of benzene rings is 2. The van der Waals surface area contributed by atoms with Gasteiger partial charge in [0.15, 0.2) is 5.65 Å². The first-order valence-electron chi connectivity index (χ1n) is 8.04. The zero-order valence-corrected chi connectivity index (χ0v) is 15.1. The highest BCUT2D eigenvalue weighted by Crippen LogP contribution is 2.27. The zero-order valence-electron chi connectivity index (χ0n) is 14.3. The van der Waals surface area contributed by atoms with E-state index in [1.807, 2.05) is 18.2 Å². The largest absolute Gasteiger partial charge is 0.508 e. The number of aromatic amines is 1. The molecule has 0 bridgehead atoms. The van der Waals surface area contributed by atoms with Crippen LogP contribution in [-0.4, -0.2) is 44.0 Å². The third-order valence-electron chi connectivity index (χ3n) is 3.86. The van der Waals surface area contributed by atoms with Crippen molar-refractivity contribution < 1.29 is 14.6 Å². The first-order valence-corrected chi connectivity index (χ1v) is 9.03. The number of nitrogens with zero attached hydrogens (tertiary/aromatic N) is 3. The zero-order chi connectivity index (χ0) is 18.8. The van der Waals surface area contributed by atoms with Crippen LogP contribution in [-0.2, 0) is 4.79 Å². The van der Waals surface area contributed by atoms with E-state index in [1.165, 1.54) is 23.9 Å². The molecule has 0 saturated carbocycles. The number of ether oxygens (including phenoxy) is 1. The Hall–Kier alpha value is -3.33. The predicted molar refractivity (Wildman–Crippen MR) is 103 cm³/mol. The van der Waals surface area contributed by atoms with Gasteiger partial charge in [0.1, 0.15) is 17.0 Å². The first kappa shape index (κ1) is 17.1. The lowest BCUT2D eigenvalue weighted by Gasteiger charge is -2.04.